The fourth-order valence-corrected chi connectivity index (χ4v) is 4.93. The van der Waals surface area contributed by atoms with Crippen LogP contribution in [-0.4, -0.2) is 0 Å². The topological polar surface area (TPSA) is 0 Å². The van der Waals surface area contributed by atoms with Gasteiger partial charge in [-0.25, -0.2) is 12.1 Å². The van der Waals surface area contributed by atoms with Crippen molar-refractivity contribution in [2.45, 2.75) is 156 Å². The summed E-state index contributed by atoms with van der Waals surface area (Å²) in [6, 6.07) is 13.8. The van der Waals surface area contributed by atoms with E-state index in [4.69, 9.17) is 0 Å². The second-order valence-corrected chi connectivity index (χ2v) is 10.4. The van der Waals surface area contributed by atoms with Crippen LogP contribution in [0.1, 0.15) is 153 Å². The van der Waals surface area contributed by atoms with Crippen molar-refractivity contribution in [1.82, 2.24) is 0 Å². The van der Waals surface area contributed by atoms with E-state index in [0.717, 1.165) is 0 Å². The van der Waals surface area contributed by atoms with Crippen LogP contribution in [0.5, 0.6) is 0 Å². The van der Waals surface area contributed by atoms with Crippen molar-refractivity contribution >= 4 is 0 Å². The zero-order valence-corrected chi connectivity index (χ0v) is 25.1. The third-order valence-electron chi connectivity index (χ3n) is 7.21. The molecule has 35 heavy (non-hydrogen) atoms. The SMILES string of the molecule is CCCCCCc1cc[cH-]c1CCCCCC.CCCCCCc1cc[cH-]c1CCCCCC.[Fe+2]. The first-order valence-electron chi connectivity index (χ1n) is 15.2. The molecule has 0 bridgehead atoms. The Morgan fingerprint density at radius 2 is 0.743 bits per heavy atom. The van der Waals surface area contributed by atoms with Gasteiger partial charge in [0.25, 0.3) is 0 Å². The van der Waals surface area contributed by atoms with Crippen molar-refractivity contribution in [2.24, 2.45) is 0 Å². The molecule has 0 heterocycles. The molecule has 0 N–H and O–H groups in total. The number of hydrogen-bond acceptors (Lipinski definition) is 0. The van der Waals surface area contributed by atoms with Gasteiger partial charge >= 0.3 is 17.1 Å². The van der Waals surface area contributed by atoms with Crippen molar-refractivity contribution < 1.29 is 17.1 Å². The zero-order chi connectivity index (χ0) is 24.7. The Labute approximate surface area is 231 Å². The van der Waals surface area contributed by atoms with Crippen LogP contribution >= 0.6 is 0 Å². The van der Waals surface area contributed by atoms with Crippen LogP contribution in [0.3, 0.4) is 0 Å². The van der Waals surface area contributed by atoms with Crippen LogP contribution in [0, 0.1) is 0 Å². The Morgan fingerprint density at radius 1 is 0.429 bits per heavy atom. The summed E-state index contributed by atoms with van der Waals surface area (Å²) >= 11 is 0. The molecule has 0 aliphatic heterocycles. The molecule has 0 unspecified atom stereocenters. The Morgan fingerprint density at radius 3 is 1.06 bits per heavy atom. The Hall–Kier alpha value is -0.781. The number of rotatable bonds is 20. The molecular weight excluding hydrogens is 464 g/mol. The minimum atomic E-state index is 0. The minimum Gasteiger partial charge on any atom is -0.210 e. The fraction of sp³-hybridized carbons (Fsp3) is 0.706. The van der Waals surface area contributed by atoms with Crippen LogP contribution < -0.4 is 0 Å². The fourth-order valence-electron chi connectivity index (χ4n) is 4.93. The van der Waals surface area contributed by atoms with Gasteiger partial charge in [0.1, 0.15) is 0 Å². The van der Waals surface area contributed by atoms with Crippen LogP contribution in [-0.2, 0) is 42.8 Å². The summed E-state index contributed by atoms with van der Waals surface area (Å²) in [5.41, 5.74) is 6.49. The van der Waals surface area contributed by atoms with Crippen molar-refractivity contribution in [1.29, 1.82) is 0 Å². The summed E-state index contributed by atoms with van der Waals surface area (Å²) in [7, 11) is 0. The van der Waals surface area contributed by atoms with Gasteiger partial charge in [-0.15, -0.1) is 0 Å². The van der Waals surface area contributed by atoms with Gasteiger partial charge in [0.2, 0.25) is 0 Å². The summed E-state index contributed by atoms with van der Waals surface area (Å²) in [6.45, 7) is 9.12. The molecule has 0 nitrogen and oxygen atoms in total. The molecule has 0 fully saturated rings. The summed E-state index contributed by atoms with van der Waals surface area (Å²) in [5, 5.41) is 0. The van der Waals surface area contributed by atoms with Gasteiger partial charge < -0.3 is 0 Å². The zero-order valence-electron chi connectivity index (χ0n) is 24.0. The molecule has 202 valence electrons. The summed E-state index contributed by atoms with van der Waals surface area (Å²) in [6.07, 6.45) is 27.2. The van der Waals surface area contributed by atoms with E-state index in [2.05, 4.69) is 64.1 Å². The first-order valence-corrected chi connectivity index (χ1v) is 15.2. The van der Waals surface area contributed by atoms with E-state index in [9.17, 15) is 0 Å². The van der Waals surface area contributed by atoms with E-state index in [1.165, 1.54) is 128 Å². The van der Waals surface area contributed by atoms with Gasteiger partial charge in [-0.1, -0.05) is 156 Å². The number of unbranched alkanes of at least 4 members (excludes halogenated alkanes) is 12. The minimum absolute atomic E-state index is 0. The first kappa shape index (κ1) is 34.2. The van der Waals surface area contributed by atoms with Crippen LogP contribution in [0.15, 0.2) is 36.4 Å². The van der Waals surface area contributed by atoms with Crippen molar-refractivity contribution in [2.75, 3.05) is 0 Å². The van der Waals surface area contributed by atoms with E-state index in [-0.39, 0.29) is 17.1 Å². The van der Waals surface area contributed by atoms with Gasteiger partial charge in [0.15, 0.2) is 0 Å². The van der Waals surface area contributed by atoms with Crippen LogP contribution in [0.2, 0.25) is 0 Å². The molecule has 0 radical (unpaired) electrons. The number of hydrogen-bond donors (Lipinski definition) is 0. The van der Waals surface area contributed by atoms with E-state index < -0.39 is 0 Å². The maximum Gasteiger partial charge on any atom is 2.00 e. The molecule has 0 aliphatic carbocycles. The van der Waals surface area contributed by atoms with E-state index in [0.29, 0.717) is 0 Å². The summed E-state index contributed by atoms with van der Waals surface area (Å²) < 4.78 is 0. The quantitative estimate of drug-likeness (QED) is 0.0921. The van der Waals surface area contributed by atoms with Crippen LogP contribution in [0.4, 0.5) is 0 Å². The summed E-state index contributed by atoms with van der Waals surface area (Å²) in [5.74, 6) is 0. The molecule has 2 aromatic rings. The van der Waals surface area contributed by atoms with Crippen molar-refractivity contribution in [3.8, 4) is 0 Å². The van der Waals surface area contributed by atoms with Crippen LogP contribution in [0.25, 0.3) is 0 Å². The van der Waals surface area contributed by atoms with Gasteiger partial charge in [0, 0.05) is 0 Å². The largest absolute Gasteiger partial charge is 2.00 e. The Bertz CT molecular complexity index is 550. The monoisotopic (exact) mass is 522 g/mol. The van der Waals surface area contributed by atoms with Gasteiger partial charge in [-0.3, -0.25) is 0 Å². The molecule has 0 saturated heterocycles. The second kappa shape index (κ2) is 24.9. The smallest absolute Gasteiger partial charge is 0.210 e. The number of aryl methyl sites for hydroxylation is 4. The molecule has 0 aliphatic rings. The maximum atomic E-state index is 2.33. The molecular formula is C34H58Fe. The molecule has 0 spiro atoms. The Kier molecular flexibility index (Phi) is 24.3. The molecule has 1 heteroatoms. The first-order chi connectivity index (χ1) is 16.8. The molecule has 2 aromatic carbocycles. The Balaban J connectivity index is 0.000000642. The van der Waals surface area contributed by atoms with Gasteiger partial charge in [-0.05, 0) is 0 Å². The normalized spacial score (nSPS) is 10.6. The van der Waals surface area contributed by atoms with E-state index in [1.54, 1.807) is 22.3 Å². The third-order valence-corrected chi connectivity index (χ3v) is 7.21. The predicted octanol–water partition coefficient (Wildman–Crippen LogP) is 11.3. The van der Waals surface area contributed by atoms with E-state index in [1.807, 2.05) is 0 Å². The summed E-state index contributed by atoms with van der Waals surface area (Å²) in [4.78, 5) is 0. The van der Waals surface area contributed by atoms with Gasteiger partial charge in [-0.2, -0.15) is 46.5 Å². The second-order valence-electron chi connectivity index (χ2n) is 10.4. The van der Waals surface area contributed by atoms with Crippen molar-refractivity contribution in [3.63, 3.8) is 0 Å². The molecule has 0 atom stereocenters. The maximum absolute atomic E-state index is 2.33. The third kappa shape index (κ3) is 17.3. The van der Waals surface area contributed by atoms with Crippen molar-refractivity contribution in [3.05, 3.63) is 58.7 Å². The predicted molar refractivity (Wildman–Crippen MR) is 155 cm³/mol. The molecule has 2 rings (SSSR count). The van der Waals surface area contributed by atoms with Gasteiger partial charge in [0.05, 0.1) is 0 Å². The molecule has 0 saturated carbocycles. The standard InChI is InChI=1S/2C17H29.Fe/c2*1-3-5-7-9-12-16-14-11-15-17(16)13-10-8-6-4-2;/h2*11,14-15H,3-10,12-13H2,1-2H3;/q2*-1;+2. The molecule has 0 aromatic heterocycles. The van der Waals surface area contributed by atoms with E-state index >= 15 is 0 Å². The average molecular weight is 523 g/mol. The average Bonchev–Trinajstić information content (AvgIpc) is 3.50. The molecule has 0 amide bonds.